The third-order valence-electron chi connectivity index (χ3n) is 5.28. The van der Waals surface area contributed by atoms with Crippen LogP contribution in [0.15, 0.2) is 4.99 Å². The van der Waals surface area contributed by atoms with Gasteiger partial charge in [-0.2, -0.15) is 4.37 Å². The maximum atomic E-state index is 11.9. The molecule has 0 unspecified atom stereocenters. The number of hydrogen-bond acceptors (Lipinski definition) is 7. The van der Waals surface area contributed by atoms with E-state index in [-0.39, 0.29) is 36.0 Å². The summed E-state index contributed by atoms with van der Waals surface area (Å²) in [5.41, 5.74) is 0. The fraction of sp³-hybridized carbons (Fsp3) is 0.789. The van der Waals surface area contributed by atoms with Crippen molar-refractivity contribution >= 4 is 52.6 Å². The number of ether oxygens (including phenoxy) is 1. The molecule has 0 atom stereocenters. The molecule has 8 nitrogen and oxygen atoms in total. The largest absolute Gasteiger partial charge is 0.462 e. The van der Waals surface area contributed by atoms with Crippen LogP contribution >= 0.6 is 35.5 Å². The topological polar surface area (TPSA) is 83.0 Å². The number of aliphatic imine (C=N–C) groups is 1. The van der Waals surface area contributed by atoms with E-state index in [1.54, 1.807) is 7.05 Å². The lowest BCUT2D eigenvalue weighted by Gasteiger charge is -2.36. The first-order valence-corrected chi connectivity index (χ1v) is 11.2. The number of halogens is 1. The summed E-state index contributed by atoms with van der Waals surface area (Å²) < 4.78 is 9.88. The average molecular weight is 536 g/mol. The van der Waals surface area contributed by atoms with E-state index >= 15 is 0 Å². The number of aryl methyl sites for hydroxylation is 1. The molecule has 3 rings (SSSR count). The molecule has 1 aromatic rings. The molecule has 0 spiro atoms. The number of guanidine groups is 1. The number of rotatable bonds is 7. The summed E-state index contributed by atoms with van der Waals surface area (Å²) in [4.78, 5) is 25.4. The van der Waals surface area contributed by atoms with Gasteiger partial charge in [0.1, 0.15) is 11.9 Å². The Labute approximate surface area is 194 Å². The van der Waals surface area contributed by atoms with E-state index in [0.29, 0.717) is 6.42 Å². The number of nitrogens with zero attached hydrogens (tertiary/aromatic N) is 5. The smallest absolute Gasteiger partial charge is 0.306 e. The van der Waals surface area contributed by atoms with Gasteiger partial charge in [0.25, 0.3) is 0 Å². The van der Waals surface area contributed by atoms with Crippen molar-refractivity contribution < 1.29 is 9.53 Å². The molecule has 29 heavy (non-hydrogen) atoms. The zero-order valence-corrected chi connectivity index (χ0v) is 20.6. The molecule has 1 aromatic heterocycles. The van der Waals surface area contributed by atoms with Crippen LogP contribution in [0.3, 0.4) is 0 Å². The minimum atomic E-state index is -0.0687. The fourth-order valence-corrected chi connectivity index (χ4v) is 4.44. The standard InChI is InChI=1S/C19H32N6O2S.HI/c1-3-16-22-19(28-23-16)25-13-11-24(12-14-25)18(20-2)21-10-6-9-17(26)27-15-7-4-5-8-15;/h15H,3-14H2,1-2H3,(H,20,21);1H. The van der Waals surface area contributed by atoms with Crippen molar-refractivity contribution in [2.45, 2.75) is 58.0 Å². The molecule has 2 aliphatic rings. The van der Waals surface area contributed by atoms with Crippen LogP contribution in [0.1, 0.15) is 51.3 Å². The minimum absolute atomic E-state index is 0. The van der Waals surface area contributed by atoms with Crippen molar-refractivity contribution in [2.75, 3.05) is 44.7 Å². The van der Waals surface area contributed by atoms with Gasteiger partial charge in [-0.15, -0.1) is 24.0 Å². The summed E-state index contributed by atoms with van der Waals surface area (Å²) in [6.45, 7) is 6.41. The highest BCUT2D eigenvalue weighted by Gasteiger charge is 2.22. The second-order valence-electron chi connectivity index (χ2n) is 7.29. The van der Waals surface area contributed by atoms with Crippen molar-refractivity contribution in [1.29, 1.82) is 0 Å². The summed E-state index contributed by atoms with van der Waals surface area (Å²) in [6.07, 6.45) is 6.68. The number of anilines is 1. The Bertz CT molecular complexity index is 657. The normalized spacial score (nSPS) is 17.9. The average Bonchev–Trinajstić information content (AvgIpc) is 3.40. The first-order valence-electron chi connectivity index (χ1n) is 10.4. The maximum Gasteiger partial charge on any atom is 0.306 e. The predicted octanol–water partition coefficient (Wildman–Crippen LogP) is 2.68. The van der Waals surface area contributed by atoms with Crippen molar-refractivity contribution in [3.05, 3.63) is 5.82 Å². The molecule has 0 aromatic carbocycles. The van der Waals surface area contributed by atoms with Crippen molar-refractivity contribution in [3.8, 4) is 0 Å². The molecule has 2 fully saturated rings. The summed E-state index contributed by atoms with van der Waals surface area (Å²) in [5, 5.41) is 4.39. The van der Waals surface area contributed by atoms with Crippen molar-refractivity contribution in [1.82, 2.24) is 19.6 Å². The highest BCUT2D eigenvalue weighted by atomic mass is 127. The molecule has 0 amide bonds. The lowest BCUT2D eigenvalue weighted by molar-refractivity contribution is -0.148. The SMILES string of the molecule is CCc1nsc(N2CCN(C(=NC)NCCCC(=O)OC3CCCC3)CC2)n1.I. The Morgan fingerprint density at radius 2 is 2.00 bits per heavy atom. The number of esters is 1. The highest BCUT2D eigenvalue weighted by molar-refractivity contribution is 14.0. The van der Waals surface area contributed by atoms with Crippen LogP contribution in [0.2, 0.25) is 0 Å². The molecule has 1 saturated heterocycles. The third kappa shape index (κ3) is 7.23. The van der Waals surface area contributed by atoms with Crippen LogP contribution in [-0.2, 0) is 16.0 Å². The molecule has 1 aliphatic carbocycles. The molecule has 10 heteroatoms. The van der Waals surface area contributed by atoms with Crippen LogP contribution in [0.25, 0.3) is 0 Å². The Kier molecular flexibility index (Phi) is 10.4. The van der Waals surface area contributed by atoms with Gasteiger partial charge < -0.3 is 19.9 Å². The molecule has 1 saturated carbocycles. The van der Waals surface area contributed by atoms with Gasteiger partial charge in [-0.25, -0.2) is 4.98 Å². The monoisotopic (exact) mass is 536 g/mol. The van der Waals surface area contributed by atoms with E-state index in [0.717, 1.165) is 75.3 Å². The Morgan fingerprint density at radius 1 is 1.28 bits per heavy atom. The van der Waals surface area contributed by atoms with Gasteiger partial charge in [0, 0.05) is 64.1 Å². The van der Waals surface area contributed by atoms with E-state index < -0.39 is 0 Å². The highest BCUT2D eigenvalue weighted by Crippen LogP contribution is 2.21. The fourth-order valence-electron chi connectivity index (χ4n) is 3.64. The summed E-state index contributed by atoms with van der Waals surface area (Å²) >= 11 is 1.48. The van der Waals surface area contributed by atoms with E-state index in [4.69, 9.17) is 4.74 Å². The molecule has 1 aliphatic heterocycles. The van der Waals surface area contributed by atoms with Gasteiger partial charge in [-0.3, -0.25) is 9.79 Å². The van der Waals surface area contributed by atoms with Gasteiger partial charge in [0.05, 0.1) is 0 Å². The molecule has 164 valence electrons. The van der Waals surface area contributed by atoms with Crippen LogP contribution in [0.4, 0.5) is 5.13 Å². The molecule has 0 radical (unpaired) electrons. The number of nitrogens with one attached hydrogen (secondary N) is 1. The first-order chi connectivity index (χ1) is 13.7. The van der Waals surface area contributed by atoms with E-state index in [1.165, 1.54) is 24.4 Å². The zero-order valence-electron chi connectivity index (χ0n) is 17.4. The number of carbonyl (C=O) groups excluding carboxylic acids is 1. The molecule has 2 heterocycles. The van der Waals surface area contributed by atoms with E-state index in [1.807, 2.05) is 0 Å². The lowest BCUT2D eigenvalue weighted by Crippen LogP contribution is -2.52. The van der Waals surface area contributed by atoms with Crippen LogP contribution in [0, 0.1) is 0 Å². The number of carbonyl (C=O) groups is 1. The van der Waals surface area contributed by atoms with Gasteiger partial charge in [-0.1, -0.05) is 6.92 Å². The van der Waals surface area contributed by atoms with Gasteiger partial charge >= 0.3 is 5.97 Å². The van der Waals surface area contributed by atoms with Gasteiger partial charge in [-0.05, 0) is 32.1 Å². The second-order valence-corrected chi connectivity index (χ2v) is 8.02. The quantitative estimate of drug-likeness (QED) is 0.189. The number of aromatic nitrogens is 2. The Balaban J connectivity index is 0.00000300. The lowest BCUT2D eigenvalue weighted by atomic mass is 10.3. The van der Waals surface area contributed by atoms with Gasteiger partial charge in [0.15, 0.2) is 5.96 Å². The molecular formula is C19H33IN6O2S. The molecule has 0 bridgehead atoms. The first kappa shape index (κ1) is 24.1. The second kappa shape index (κ2) is 12.5. The molecule has 1 N–H and O–H groups in total. The predicted molar refractivity (Wildman–Crippen MR) is 127 cm³/mol. The molecular weight excluding hydrogens is 503 g/mol. The summed E-state index contributed by atoms with van der Waals surface area (Å²) in [6, 6.07) is 0. The van der Waals surface area contributed by atoms with Crippen LogP contribution in [0.5, 0.6) is 0 Å². The summed E-state index contributed by atoms with van der Waals surface area (Å²) in [7, 11) is 1.81. The van der Waals surface area contributed by atoms with Crippen LogP contribution in [-0.4, -0.2) is 72.1 Å². The Hall–Kier alpha value is -1.17. The zero-order chi connectivity index (χ0) is 19.8. The van der Waals surface area contributed by atoms with E-state index in [9.17, 15) is 4.79 Å². The third-order valence-corrected chi connectivity index (χ3v) is 6.09. The number of hydrogen-bond donors (Lipinski definition) is 1. The van der Waals surface area contributed by atoms with E-state index in [2.05, 4.69) is 36.4 Å². The van der Waals surface area contributed by atoms with Crippen LogP contribution < -0.4 is 10.2 Å². The van der Waals surface area contributed by atoms with Crippen molar-refractivity contribution in [2.24, 2.45) is 4.99 Å². The summed E-state index contributed by atoms with van der Waals surface area (Å²) in [5.74, 6) is 1.75. The van der Waals surface area contributed by atoms with Gasteiger partial charge in [0.2, 0.25) is 5.13 Å². The minimum Gasteiger partial charge on any atom is -0.462 e. The maximum absolute atomic E-state index is 11.9. The van der Waals surface area contributed by atoms with Crippen molar-refractivity contribution in [3.63, 3.8) is 0 Å². The Morgan fingerprint density at radius 3 is 2.62 bits per heavy atom. The number of piperazine rings is 1.